The fourth-order valence-corrected chi connectivity index (χ4v) is 3.30. The van der Waals surface area contributed by atoms with Crippen molar-refractivity contribution in [1.82, 2.24) is 0 Å². The van der Waals surface area contributed by atoms with Crippen molar-refractivity contribution in [3.8, 4) is 0 Å². The molecular weight excluding hydrogens is 441 g/mol. The summed E-state index contributed by atoms with van der Waals surface area (Å²) in [5.41, 5.74) is 9.18. The second-order valence-corrected chi connectivity index (χ2v) is 7.65. The smallest absolute Gasteiger partial charge is 0.444 e. The van der Waals surface area contributed by atoms with Crippen LogP contribution in [0.2, 0.25) is 0 Å². The van der Waals surface area contributed by atoms with Gasteiger partial charge >= 0.3 is 6.18 Å². The quantitative estimate of drug-likeness (QED) is 0.0972. The van der Waals surface area contributed by atoms with Crippen LogP contribution >= 0.6 is 0 Å². The summed E-state index contributed by atoms with van der Waals surface area (Å²) in [5, 5.41) is 3.68. The lowest BCUT2D eigenvalue weighted by Crippen LogP contribution is -2.59. The summed E-state index contributed by atoms with van der Waals surface area (Å²) in [6.45, 7) is 6.40. The molecule has 0 spiro atoms. The van der Waals surface area contributed by atoms with Crippen molar-refractivity contribution in [3.63, 3.8) is 0 Å². The number of unbranched alkanes of at least 4 members (excludes halogenated alkanes) is 2. The first-order chi connectivity index (χ1) is 15.8. The molecule has 1 heterocycles. The maximum atomic E-state index is 13.7. The van der Waals surface area contributed by atoms with Gasteiger partial charge in [0, 0.05) is 18.1 Å². The third-order valence-corrected chi connectivity index (χ3v) is 5.01. The molecule has 0 aliphatic carbocycles. The van der Waals surface area contributed by atoms with Crippen LogP contribution in [0, 0.1) is 0 Å². The van der Waals surface area contributed by atoms with Gasteiger partial charge in [0.15, 0.2) is 0 Å². The Bertz CT molecular complexity index is 788. The lowest BCUT2D eigenvalue weighted by molar-refractivity contribution is -0.256. The highest BCUT2D eigenvalue weighted by Gasteiger charge is 2.49. The van der Waals surface area contributed by atoms with Gasteiger partial charge in [0.25, 0.3) is 5.90 Å². The highest BCUT2D eigenvalue weighted by molar-refractivity contribution is 5.84. The topological polar surface area (TPSA) is 98.0 Å². The van der Waals surface area contributed by atoms with Gasteiger partial charge in [0.05, 0.1) is 11.8 Å². The maximum Gasteiger partial charge on any atom is 0.468 e. The molecule has 1 unspecified atom stereocenters. The molecule has 0 aromatic heterocycles. The predicted octanol–water partition coefficient (Wildman–Crippen LogP) is 6.09. The van der Waals surface area contributed by atoms with Crippen LogP contribution < -0.4 is 0 Å². The van der Waals surface area contributed by atoms with Crippen LogP contribution in [0.25, 0.3) is 10.4 Å². The number of halogens is 3. The minimum Gasteiger partial charge on any atom is -0.444 e. The number of hydrogen-bond donors (Lipinski definition) is 0. The van der Waals surface area contributed by atoms with Crippen LogP contribution in [0.1, 0.15) is 46.5 Å². The van der Waals surface area contributed by atoms with Gasteiger partial charge in [-0.1, -0.05) is 50.0 Å². The van der Waals surface area contributed by atoms with E-state index in [0.717, 1.165) is 25.7 Å². The van der Waals surface area contributed by atoms with Crippen LogP contribution in [0.5, 0.6) is 0 Å². The fraction of sp³-hybridized carbons (Fsp3) is 0.682. The summed E-state index contributed by atoms with van der Waals surface area (Å²) < 4.78 is 64.0. The Balaban J connectivity index is 2.35. The Morgan fingerprint density at radius 2 is 1.67 bits per heavy atom. The molecule has 0 bridgehead atoms. The Morgan fingerprint density at radius 3 is 2.21 bits per heavy atom. The first kappa shape index (κ1) is 26.9. The number of benzene rings is 1. The van der Waals surface area contributed by atoms with Crippen molar-refractivity contribution in [3.05, 3.63) is 40.8 Å². The third kappa shape index (κ3) is 8.19. The van der Waals surface area contributed by atoms with Gasteiger partial charge in [0.1, 0.15) is 18.2 Å². The number of aliphatic imine (C=N–C) groups is 1. The fourth-order valence-electron chi connectivity index (χ4n) is 3.30. The zero-order valence-electron chi connectivity index (χ0n) is 19.1. The second kappa shape index (κ2) is 13.4. The number of nitrogens with zero attached hydrogens (tertiary/aromatic N) is 4. The van der Waals surface area contributed by atoms with Crippen LogP contribution in [0.3, 0.4) is 0 Å². The molecular formula is C22H31F3N4O4. The van der Waals surface area contributed by atoms with E-state index in [1.165, 1.54) is 12.1 Å². The maximum absolute atomic E-state index is 13.7. The molecule has 1 aromatic rings. The lowest BCUT2D eigenvalue weighted by Gasteiger charge is -2.43. The van der Waals surface area contributed by atoms with E-state index < -0.39 is 42.7 Å². The Kier molecular flexibility index (Phi) is 10.9. The molecule has 2 rings (SSSR count). The molecule has 11 heteroatoms. The van der Waals surface area contributed by atoms with Gasteiger partial charge < -0.3 is 18.9 Å². The molecule has 1 aromatic carbocycles. The molecule has 0 saturated carbocycles. The van der Waals surface area contributed by atoms with E-state index in [2.05, 4.69) is 15.0 Å². The number of alkyl halides is 3. The number of rotatable bonds is 11. The van der Waals surface area contributed by atoms with Crippen LogP contribution in [0.15, 0.2) is 40.4 Å². The average molecular weight is 473 g/mol. The normalized spacial score (nSPS) is 26.0. The Hall–Kier alpha value is -2.33. The molecule has 5 atom stereocenters. The summed E-state index contributed by atoms with van der Waals surface area (Å²) in [6.07, 6.45) is -5.32. The third-order valence-electron chi connectivity index (χ3n) is 5.01. The van der Waals surface area contributed by atoms with Gasteiger partial charge in [0.2, 0.25) is 6.29 Å². The summed E-state index contributed by atoms with van der Waals surface area (Å²) in [5.74, 6) is -1.50. The molecule has 1 saturated heterocycles. The largest absolute Gasteiger partial charge is 0.468 e. The van der Waals surface area contributed by atoms with Crippen molar-refractivity contribution in [2.75, 3.05) is 13.2 Å². The zero-order chi connectivity index (χ0) is 24.3. The van der Waals surface area contributed by atoms with Gasteiger partial charge in [-0.15, -0.1) is 0 Å². The van der Waals surface area contributed by atoms with Crippen molar-refractivity contribution in [2.24, 2.45) is 10.1 Å². The Morgan fingerprint density at radius 1 is 1.06 bits per heavy atom. The van der Waals surface area contributed by atoms with Crippen molar-refractivity contribution in [2.45, 2.75) is 83.3 Å². The van der Waals surface area contributed by atoms with Gasteiger partial charge in [-0.2, -0.15) is 13.2 Å². The number of para-hydroxylation sites is 1. The Labute approximate surface area is 191 Å². The molecule has 184 valence electrons. The van der Waals surface area contributed by atoms with Gasteiger partial charge in [-0.25, -0.2) is 4.99 Å². The average Bonchev–Trinajstić information content (AvgIpc) is 2.77. The van der Waals surface area contributed by atoms with Crippen molar-refractivity contribution in [1.29, 1.82) is 0 Å². The monoisotopic (exact) mass is 472 g/mol. The highest BCUT2D eigenvalue weighted by Crippen LogP contribution is 2.32. The molecule has 0 N–H and O–H groups in total. The molecule has 1 fully saturated rings. The minimum atomic E-state index is -4.89. The van der Waals surface area contributed by atoms with E-state index in [1.807, 2.05) is 13.8 Å². The standard InChI is InChI=1S/C22H31F3N4O4/c1-4-6-13-30-18-15(3)32-20(17(28-29-26)19(18)31-14-7-5-2)33-21(22(23,24)25)27-16-11-9-8-10-12-16/h8-12,15,17-20H,4-7,13-14H2,1-3H3/t15-,17-,18?,19+,20-/m0/s1. The second-order valence-electron chi connectivity index (χ2n) is 7.65. The van der Waals surface area contributed by atoms with Gasteiger partial charge in [-0.05, 0) is 37.4 Å². The first-order valence-electron chi connectivity index (χ1n) is 11.1. The SMILES string of the molecule is CCCCOC1[C@H](C)O[C@@H](OC(=Nc2ccccc2)C(F)(F)F)[C@@H](N=[N+]=[N-])[C@H]1OCCCC. The van der Waals surface area contributed by atoms with E-state index in [0.29, 0.717) is 13.2 Å². The molecule has 8 nitrogen and oxygen atoms in total. The number of azide groups is 1. The lowest BCUT2D eigenvalue weighted by atomic mass is 9.97. The molecule has 1 aliphatic rings. The van der Waals surface area contributed by atoms with Crippen molar-refractivity contribution < 1.29 is 32.1 Å². The zero-order valence-corrected chi connectivity index (χ0v) is 19.1. The van der Waals surface area contributed by atoms with Crippen LogP contribution in [-0.4, -0.2) is 55.9 Å². The minimum absolute atomic E-state index is 0.0607. The predicted molar refractivity (Wildman–Crippen MR) is 117 cm³/mol. The van der Waals surface area contributed by atoms with E-state index in [1.54, 1.807) is 25.1 Å². The van der Waals surface area contributed by atoms with Gasteiger partial charge in [-0.3, -0.25) is 0 Å². The highest BCUT2D eigenvalue weighted by atomic mass is 19.4. The van der Waals surface area contributed by atoms with E-state index in [4.69, 9.17) is 24.5 Å². The summed E-state index contributed by atoms with van der Waals surface area (Å²) in [6, 6.07) is 6.40. The molecule has 0 radical (unpaired) electrons. The number of ether oxygens (including phenoxy) is 4. The van der Waals surface area contributed by atoms with Crippen molar-refractivity contribution >= 4 is 11.6 Å². The van der Waals surface area contributed by atoms with Crippen LogP contribution in [0.4, 0.5) is 18.9 Å². The molecule has 1 aliphatic heterocycles. The van der Waals surface area contributed by atoms with Crippen LogP contribution in [-0.2, 0) is 18.9 Å². The first-order valence-corrected chi connectivity index (χ1v) is 11.1. The summed E-state index contributed by atoms with van der Waals surface area (Å²) in [4.78, 5) is 6.41. The summed E-state index contributed by atoms with van der Waals surface area (Å²) >= 11 is 0. The van der Waals surface area contributed by atoms with E-state index in [9.17, 15) is 13.2 Å². The molecule has 33 heavy (non-hydrogen) atoms. The molecule has 0 amide bonds. The van der Waals surface area contributed by atoms with E-state index in [-0.39, 0.29) is 5.69 Å². The number of hydrogen-bond acceptors (Lipinski definition) is 6. The van der Waals surface area contributed by atoms with E-state index >= 15 is 0 Å². The summed E-state index contributed by atoms with van der Waals surface area (Å²) in [7, 11) is 0.